The van der Waals surface area contributed by atoms with Gasteiger partial charge in [0.15, 0.2) is 5.65 Å². The molecule has 3 aromatic heterocycles. The first-order valence-corrected chi connectivity index (χ1v) is 10.9. The highest BCUT2D eigenvalue weighted by atomic mass is 16.5. The van der Waals surface area contributed by atoms with Crippen LogP contribution in [0.1, 0.15) is 28.1 Å². The van der Waals surface area contributed by atoms with Crippen LogP contribution in [0.25, 0.3) is 28.5 Å². The Bertz CT molecular complexity index is 1500. The molecule has 8 nitrogen and oxygen atoms in total. The van der Waals surface area contributed by atoms with Crippen LogP contribution in [0, 0.1) is 20.8 Å². The average molecular weight is 456 g/mol. The monoisotopic (exact) mass is 455 g/mol. The molecule has 5 rings (SSSR count). The number of nitrogens with zero attached hydrogens (tertiary/aromatic N) is 5. The van der Waals surface area contributed by atoms with Crippen molar-refractivity contribution in [1.82, 2.24) is 24.7 Å². The van der Waals surface area contributed by atoms with E-state index in [1.165, 1.54) is 11.1 Å². The predicted octanol–water partition coefficient (Wildman–Crippen LogP) is 4.98. The lowest BCUT2D eigenvalue weighted by Gasteiger charge is -2.13. The van der Waals surface area contributed by atoms with Crippen molar-refractivity contribution in [2.75, 3.05) is 14.2 Å². The van der Waals surface area contributed by atoms with Crippen molar-refractivity contribution in [3.05, 3.63) is 76.7 Å². The number of hydrogen-bond acceptors (Lipinski definition) is 7. The van der Waals surface area contributed by atoms with Crippen molar-refractivity contribution in [2.24, 2.45) is 0 Å². The molecule has 5 aromatic rings. The lowest BCUT2D eigenvalue weighted by atomic mass is 9.99. The molecule has 34 heavy (non-hydrogen) atoms. The fourth-order valence-electron chi connectivity index (χ4n) is 4.14. The lowest BCUT2D eigenvalue weighted by Crippen LogP contribution is -2.07. The van der Waals surface area contributed by atoms with Gasteiger partial charge in [-0.1, -0.05) is 29.4 Å². The van der Waals surface area contributed by atoms with E-state index in [1.54, 1.807) is 26.5 Å². The summed E-state index contributed by atoms with van der Waals surface area (Å²) in [5.41, 5.74) is 7.74. The Kier molecular flexibility index (Phi) is 5.49. The van der Waals surface area contributed by atoms with Gasteiger partial charge in [0.05, 0.1) is 26.0 Å². The molecule has 0 aliphatic rings. The number of hydrogen-bond donors (Lipinski definition) is 0. The summed E-state index contributed by atoms with van der Waals surface area (Å²) in [7, 11) is 3.20. The minimum absolute atomic E-state index is 0.348. The summed E-state index contributed by atoms with van der Waals surface area (Å²) in [5, 5.41) is 8.75. The molecular formula is C26H25N5O3. The zero-order valence-corrected chi connectivity index (χ0v) is 19.8. The van der Waals surface area contributed by atoms with E-state index in [2.05, 4.69) is 53.4 Å². The maximum absolute atomic E-state index is 5.61. The second-order valence-corrected chi connectivity index (χ2v) is 8.15. The van der Waals surface area contributed by atoms with Gasteiger partial charge in [-0.25, -0.2) is 9.50 Å². The van der Waals surface area contributed by atoms with E-state index in [0.29, 0.717) is 40.0 Å². The molecule has 0 N–H and O–H groups in total. The van der Waals surface area contributed by atoms with Crippen molar-refractivity contribution in [3.8, 4) is 34.3 Å². The van der Waals surface area contributed by atoms with Gasteiger partial charge < -0.3 is 14.0 Å². The third-order valence-corrected chi connectivity index (χ3v) is 6.14. The maximum atomic E-state index is 5.61. The SMILES string of the molecule is COc1ccc(-c2noc(-c3cnn4c(C)c(Cc5ccccc5C)c(C)nc34)n2)c(OC)c1. The molecule has 0 saturated heterocycles. The molecular weight excluding hydrogens is 430 g/mol. The quantitative estimate of drug-likeness (QED) is 0.357. The average Bonchev–Trinajstić information content (AvgIpc) is 3.49. The number of rotatable bonds is 6. The minimum Gasteiger partial charge on any atom is -0.497 e. The Morgan fingerprint density at radius 3 is 2.53 bits per heavy atom. The molecule has 172 valence electrons. The van der Waals surface area contributed by atoms with E-state index in [4.69, 9.17) is 19.0 Å². The molecule has 0 amide bonds. The molecule has 0 bridgehead atoms. The number of benzene rings is 2. The van der Waals surface area contributed by atoms with Crippen LogP contribution in [0.15, 0.2) is 53.2 Å². The molecule has 3 heterocycles. The lowest BCUT2D eigenvalue weighted by molar-refractivity contribution is 0.394. The normalized spacial score (nSPS) is 11.2. The molecule has 0 aliphatic carbocycles. The zero-order valence-electron chi connectivity index (χ0n) is 19.8. The standard InChI is InChI=1S/C26H25N5O3/c1-15-8-6-7-9-18(15)12-21-16(2)28-25-22(14-27-31(25)17(21)3)26-29-24(30-34-26)20-11-10-19(32-4)13-23(20)33-5/h6-11,13-14H,12H2,1-5H3. The zero-order chi connectivity index (χ0) is 23.8. The van der Waals surface area contributed by atoms with Gasteiger partial charge in [-0.15, -0.1) is 0 Å². The first kappa shape index (κ1) is 21.6. The largest absolute Gasteiger partial charge is 0.497 e. The highest BCUT2D eigenvalue weighted by Crippen LogP contribution is 2.33. The Morgan fingerprint density at radius 2 is 1.76 bits per heavy atom. The highest BCUT2D eigenvalue weighted by molar-refractivity contribution is 5.74. The Morgan fingerprint density at radius 1 is 0.941 bits per heavy atom. The van der Waals surface area contributed by atoms with Crippen LogP contribution < -0.4 is 9.47 Å². The fourth-order valence-corrected chi connectivity index (χ4v) is 4.14. The second-order valence-electron chi connectivity index (χ2n) is 8.15. The second kappa shape index (κ2) is 8.62. The van der Waals surface area contributed by atoms with Crippen molar-refractivity contribution < 1.29 is 14.0 Å². The van der Waals surface area contributed by atoms with E-state index >= 15 is 0 Å². The Balaban J connectivity index is 1.54. The van der Waals surface area contributed by atoms with E-state index in [1.807, 2.05) is 23.6 Å². The third kappa shape index (κ3) is 3.67. The van der Waals surface area contributed by atoms with Crippen molar-refractivity contribution in [2.45, 2.75) is 27.2 Å². The van der Waals surface area contributed by atoms with Gasteiger partial charge in [0, 0.05) is 23.9 Å². The van der Waals surface area contributed by atoms with Gasteiger partial charge in [0.2, 0.25) is 5.82 Å². The number of fused-ring (bicyclic) bond motifs is 1. The van der Waals surface area contributed by atoms with Crippen LogP contribution in [-0.4, -0.2) is 39.0 Å². The third-order valence-electron chi connectivity index (χ3n) is 6.14. The Hall–Kier alpha value is -4.20. The van der Waals surface area contributed by atoms with Gasteiger partial charge in [-0.3, -0.25) is 0 Å². The number of aryl methyl sites for hydroxylation is 3. The topological polar surface area (TPSA) is 87.6 Å². The van der Waals surface area contributed by atoms with Gasteiger partial charge in [0.25, 0.3) is 5.89 Å². The summed E-state index contributed by atoms with van der Waals surface area (Å²) in [5.74, 6) is 2.04. The van der Waals surface area contributed by atoms with Crippen molar-refractivity contribution in [1.29, 1.82) is 0 Å². The van der Waals surface area contributed by atoms with Crippen LogP contribution in [0.3, 0.4) is 0 Å². The van der Waals surface area contributed by atoms with E-state index in [-0.39, 0.29) is 0 Å². The molecule has 0 fully saturated rings. The van der Waals surface area contributed by atoms with E-state index in [9.17, 15) is 0 Å². The van der Waals surface area contributed by atoms with Crippen LogP contribution in [-0.2, 0) is 6.42 Å². The Labute approximate surface area is 197 Å². The molecule has 0 radical (unpaired) electrons. The summed E-state index contributed by atoms with van der Waals surface area (Å²) < 4.78 is 18.2. The first-order valence-electron chi connectivity index (χ1n) is 10.9. The molecule has 0 unspecified atom stereocenters. The smallest absolute Gasteiger partial charge is 0.263 e. The molecule has 0 saturated carbocycles. The number of aromatic nitrogens is 5. The summed E-state index contributed by atoms with van der Waals surface area (Å²) >= 11 is 0. The van der Waals surface area contributed by atoms with E-state index in [0.717, 1.165) is 23.4 Å². The van der Waals surface area contributed by atoms with Crippen LogP contribution in [0.2, 0.25) is 0 Å². The summed E-state index contributed by atoms with van der Waals surface area (Å²) in [6.45, 7) is 6.22. The molecule has 0 spiro atoms. The minimum atomic E-state index is 0.348. The molecule has 0 atom stereocenters. The van der Waals surface area contributed by atoms with Crippen LogP contribution in [0.4, 0.5) is 0 Å². The van der Waals surface area contributed by atoms with Crippen molar-refractivity contribution in [3.63, 3.8) is 0 Å². The molecule has 0 aliphatic heterocycles. The predicted molar refractivity (Wildman–Crippen MR) is 128 cm³/mol. The summed E-state index contributed by atoms with van der Waals surface area (Å²) in [4.78, 5) is 9.47. The first-order chi connectivity index (χ1) is 16.5. The van der Waals surface area contributed by atoms with Gasteiger partial charge >= 0.3 is 0 Å². The van der Waals surface area contributed by atoms with Gasteiger partial charge in [-0.05, 0) is 49.6 Å². The van der Waals surface area contributed by atoms with Gasteiger partial charge in [-0.2, -0.15) is 10.1 Å². The van der Waals surface area contributed by atoms with Crippen LogP contribution >= 0.6 is 0 Å². The molecule has 2 aromatic carbocycles. The van der Waals surface area contributed by atoms with Crippen LogP contribution in [0.5, 0.6) is 11.5 Å². The van der Waals surface area contributed by atoms with Crippen molar-refractivity contribution >= 4 is 5.65 Å². The summed E-state index contributed by atoms with van der Waals surface area (Å²) in [6, 6.07) is 13.9. The molecule has 8 heteroatoms. The number of ether oxygens (including phenoxy) is 2. The van der Waals surface area contributed by atoms with E-state index < -0.39 is 0 Å². The summed E-state index contributed by atoms with van der Waals surface area (Å²) in [6.07, 6.45) is 2.51. The maximum Gasteiger partial charge on any atom is 0.263 e. The highest BCUT2D eigenvalue weighted by Gasteiger charge is 2.21. The fraction of sp³-hybridized carbons (Fsp3) is 0.231. The van der Waals surface area contributed by atoms with Gasteiger partial charge in [0.1, 0.15) is 17.1 Å². The number of methoxy groups -OCH3 is 2.